The highest BCUT2D eigenvalue weighted by Crippen LogP contribution is 2.40. The maximum absolute atomic E-state index is 6.15. The van der Waals surface area contributed by atoms with Gasteiger partial charge in [0.25, 0.3) is 0 Å². The normalized spacial score (nSPS) is 11.7. The molecule has 3 aromatic heterocycles. The van der Waals surface area contributed by atoms with Crippen LogP contribution in [0, 0.1) is 0 Å². The van der Waals surface area contributed by atoms with Gasteiger partial charge in [-0.25, -0.2) is 9.97 Å². The predicted molar refractivity (Wildman–Crippen MR) is 223 cm³/mol. The minimum Gasteiger partial charge on any atom is -0.456 e. The molecule has 0 saturated heterocycles. The highest BCUT2D eigenvalue weighted by Gasteiger charge is 2.18. The van der Waals surface area contributed by atoms with Crippen LogP contribution in [-0.4, -0.2) is 14.5 Å². The van der Waals surface area contributed by atoms with Crippen LogP contribution in [0.2, 0.25) is 0 Å². The number of para-hydroxylation sites is 2. The molecule has 0 radical (unpaired) electrons. The third kappa shape index (κ3) is 4.85. The maximum Gasteiger partial charge on any atom is 0.235 e. The molecule has 0 aliphatic rings. The number of aromatic nitrogens is 3. The molecule has 0 spiro atoms. The Morgan fingerprint density at radius 3 is 1.54 bits per heavy atom. The first-order valence-corrected chi connectivity index (χ1v) is 18.2. The number of nitrogens with zero attached hydrogens (tertiary/aromatic N) is 3. The van der Waals surface area contributed by atoms with Crippen molar-refractivity contribution in [1.29, 1.82) is 0 Å². The second-order valence-corrected chi connectivity index (χ2v) is 13.8. The van der Waals surface area contributed by atoms with Gasteiger partial charge in [0, 0.05) is 32.7 Å². The number of hydrogen-bond acceptors (Lipinski definition) is 3. The van der Waals surface area contributed by atoms with Gasteiger partial charge >= 0.3 is 0 Å². The van der Waals surface area contributed by atoms with Crippen molar-refractivity contribution >= 4 is 54.5 Å². The molecule has 0 fully saturated rings. The second-order valence-electron chi connectivity index (χ2n) is 13.8. The van der Waals surface area contributed by atoms with Crippen LogP contribution in [-0.2, 0) is 0 Å². The molecule has 252 valence electrons. The average Bonchev–Trinajstić information content (AvgIpc) is 3.79. The Morgan fingerprint density at radius 2 is 0.852 bits per heavy atom. The fourth-order valence-corrected chi connectivity index (χ4v) is 8.11. The molecule has 0 aliphatic heterocycles. The van der Waals surface area contributed by atoms with Crippen molar-refractivity contribution in [2.24, 2.45) is 0 Å². The summed E-state index contributed by atoms with van der Waals surface area (Å²) in [5.41, 5.74) is 12.5. The quantitative estimate of drug-likeness (QED) is 0.181. The SMILES string of the molecule is c1ccc(-c2cc(-c3ccccc3)nc(-n3c4ccccc4c4cc(-c5cccc6c(-c7ccc8oc9ccccc9c8c7)cccc56)ccc43)n2)cc1. The van der Waals surface area contributed by atoms with Gasteiger partial charge in [0.1, 0.15) is 11.2 Å². The highest BCUT2D eigenvalue weighted by molar-refractivity contribution is 6.13. The summed E-state index contributed by atoms with van der Waals surface area (Å²) >= 11 is 0. The third-order valence-electron chi connectivity index (χ3n) is 10.6. The smallest absolute Gasteiger partial charge is 0.235 e. The summed E-state index contributed by atoms with van der Waals surface area (Å²) in [6.07, 6.45) is 0. The Labute approximate surface area is 311 Å². The van der Waals surface area contributed by atoms with E-state index in [0.717, 1.165) is 71.8 Å². The maximum atomic E-state index is 6.15. The zero-order valence-electron chi connectivity index (χ0n) is 29.1. The molecular weight excluding hydrogens is 659 g/mol. The summed E-state index contributed by atoms with van der Waals surface area (Å²) in [6, 6.07) is 66.2. The standard InChI is InChI=1S/C50H31N3O/c1-3-13-32(14-4-1)44-31-45(33-15-5-2-6-16-33)52-50(51-44)53-46-23-9-7-17-40(46)42-29-34(25-27-47(42)53)36-19-11-22-39-37(20-12-21-38(36)39)35-26-28-49-43(30-35)41-18-8-10-24-48(41)54-49/h1-31H. The topological polar surface area (TPSA) is 43.9 Å². The number of hydrogen-bond donors (Lipinski definition) is 0. The average molecular weight is 690 g/mol. The molecule has 0 N–H and O–H groups in total. The Bertz CT molecular complexity index is 3150. The molecule has 0 amide bonds. The summed E-state index contributed by atoms with van der Waals surface area (Å²) in [5, 5.41) is 7.00. The molecular formula is C50H31N3O. The van der Waals surface area contributed by atoms with Gasteiger partial charge < -0.3 is 4.42 Å². The van der Waals surface area contributed by atoms with Gasteiger partial charge in [-0.2, -0.15) is 0 Å². The van der Waals surface area contributed by atoms with Crippen LogP contribution >= 0.6 is 0 Å². The van der Waals surface area contributed by atoms with Crippen LogP contribution in [0.3, 0.4) is 0 Å². The van der Waals surface area contributed by atoms with Gasteiger partial charge in [-0.3, -0.25) is 4.57 Å². The third-order valence-corrected chi connectivity index (χ3v) is 10.6. The zero-order chi connectivity index (χ0) is 35.6. The lowest BCUT2D eigenvalue weighted by Gasteiger charge is -2.13. The number of fused-ring (bicyclic) bond motifs is 7. The van der Waals surface area contributed by atoms with E-state index in [2.05, 4.69) is 168 Å². The fraction of sp³-hybridized carbons (Fsp3) is 0. The van der Waals surface area contributed by atoms with Crippen molar-refractivity contribution in [3.8, 4) is 50.7 Å². The Hall–Kier alpha value is -7.30. The van der Waals surface area contributed by atoms with Crippen LogP contribution in [0.15, 0.2) is 192 Å². The Morgan fingerprint density at radius 1 is 0.333 bits per heavy atom. The summed E-state index contributed by atoms with van der Waals surface area (Å²) < 4.78 is 8.36. The van der Waals surface area contributed by atoms with Crippen LogP contribution in [0.4, 0.5) is 0 Å². The Balaban J connectivity index is 1.09. The summed E-state index contributed by atoms with van der Waals surface area (Å²) in [5.74, 6) is 0.645. The molecule has 3 heterocycles. The number of benzene rings is 8. The van der Waals surface area contributed by atoms with Crippen LogP contribution < -0.4 is 0 Å². The fourth-order valence-electron chi connectivity index (χ4n) is 8.11. The molecule has 4 heteroatoms. The van der Waals surface area contributed by atoms with E-state index in [1.807, 2.05) is 24.3 Å². The van der Waals surface area contributed by atoms with Gasteiger partial charge in [0.15, 0.2) is 0 Å². The molecule has 0 saturated carbocycles. The molecule has 0 aliphatic carbocycles. The molecule has 0 atom stereocenters. The summed E-state index contributed by atoms with van der Waals surface area (Å²) in [7, 11) is 0. The summed E-state index contributed by atoms with van der Waals surface area (Å²) in [6.45, 7) is 0. The van der Waals surface area contributed by atoms with Crippen molar-refractivity contribution in [2.45, 2.75) is 0 Å². The van der Waals surface area contributed by atoms with Crippen molar-refractivity contribution in [1.82, 2.24) is 14.5 Å². The van der Waals surface area contributed by atoms with Crippen molar-refractivity contribution in [2.75, 3.05) is 0 Å². The molecule has 4 nitrogen and oxygen atoms in total. The van der Waals surface area contributed by atoms with E-state index in [1.54, 1.807) is 0 Å². The lowest BCUT2D eigenvalue weighted by molar-refractivity contribution is 0.669. The molecule has 0 unspecified atom stereocenters. The van der Waals surface area contributed by atoms with E-state index >= 15 is 0 Å². The van der Waals surface area contributed by atoms with Gasteiger partial charge in [-0.05, 0) is 75.5 Å². The molecule has 11 aromatic rings. The minimum atomic E-state index is 0.645. The minimum absolute atomic E-state index is 0.645. The van der Waals surface area contributed by atoms with Crippen molar-refractivity contribution in [3.05, 3.63) is 188 Å². The van der Waals surface area contributed by atoms with Crippen LogP contribution in [0.25, 0.3) is 105 Å². The first-order valence-electron chi connectivity index (χ1n) is 18.2. The summed E-state index contributed by atoms with van der Waals surface area (Å²) in [4.78, 5) is 10.4. The van der Waals surface area contributed by atoms with Gasteiger partial charge in [-0.1, -0.05) is 146 Å². The zero-order valence-corrected chi connectivity index (χ0v) is 29.1. The molecule has 54 heavy (non-hydrogen) atoms. The monoisotopic (exact) mass is 689 g/mol. The highest BCUT2D eigenvalue weighted by atomic mass is 16.3. The van der Waals surface area contributed by atoms with Crippen LogP contribution in [0.5, 0.6) is 0 Å². The van der Waals surface area contributed by atoms with E-state index in [-0.39, 0.29) is 0 Å². The van der Waals surface area contributed by atoms with Gasteiger partial charge in [-0.15, -0.1) is 0 Å². The predicted octanol–water partition coefficient (Wildman–Crippen LogP) is 13.3. The van der Waals surface area contributed by atoms with Crippen molar-refractivity contribution in [3.63, 3.8) is 0 Å². The van der Waals surface area contributed by atoms with E-state index in [4.69, 9.17) is 14.4 Å². The first-order chi connectivity index (χ1) is 26.8. The van der Waals surface area contributed by atoms with Gasteiger partial charge in [0.05, 0.1) is 22.4 Å². The molecule has 0 bridgehead atoms. The van der Waals surface area contributed by atoms with E-state index in [1.165, 1.54) is 27.5 Å². The molecule has 11 rings (SSSR count). The largest absolute Gasteiger partial charge is 0.456 e. The van der Waals surface area contributed by atoms with E-state index in [9.17, 15) is 0 Å². The number of furan rings is 1. The van der Waals surface area contributed by atoms with Crippen molar-refractivity contribution < 1.29 is 4.42 Å². The number of rotatable bonds is 5. The van der Waals surface area contributed by atoms with Gasteiger partial charge in [0.2, 0.25) is 5.95 Å². The second kappa shape index (κ2) is 12.1. The first kappa shape index (κ1) is 30.3. The lowest BCUT2D eigenvalue weighted by atomic mass is 9.92. The van der Waals surface area contributed by atoms with E-state index < -0.39 is 0 Å². The van der Waals surface area contributed by atoms with Crippen LogP contribution in [0.1, 0.15) is 0 Å². The lowest BCUT2D eigenvalue weighted by Crippen LogP contribution is -2.03. The molecule has 8 aromatic carbocycles. The van der Waals surface area contributed by atoms with E-state index in [0.29, 0.717) is 5.95 Å². The Kier molecular flexibility index (Phi) is 6.82.